The summed E-state index contributed by atoms with van der Waals surface area (Å²) in [4.78, 5) is 20.2. The maximum Gasteiger partial charge on any atom is 0.227 e. The van der Waals surface area contributed by atoms with Crippen molar-refractivity contribution in [1.29, 1.82) is 0 Å². The molecule has 7 heteroatoms. The van der Waals surface area contributed by atoms with Crippen LogP contribution in [0.3, 0.4) is 0 Å². The first-order chi connectivity index (χ1) is 12.5. The molecule has 0 radical (unpaired) electrons. The monoisotopic (exact) mass is 352 g/mol. The Labute approximate surface area is 151 Å². The quantitative estimate of drug-likeness (QED) is 0.704. The molecule has 0 spiro atoms. The molecule has 7 nitrogen and oxygen atoms in total. The number of hydrogen-bond acceptors (Lipinski definition) is 6. The normalized spacial score (nSPS) is 10.9. The highest BCUT2D eigenvalue weighted by Crippen LogP contribution is 2.21. The molecule has 3 aromatic rings. The van der Waals surface area contributed by atoms with E-state index in [1.165, 1.54) is 17.8 Å². The van der Waals surface area contributed by atoms with Gasteiger partial charge in [-0.15, -0.1) is 0 Å². The molecule has 26 heavy (non-hydrogen) atoms. The third-order valence-electron chi connectivity index (χ3n) is 3.91. The molecule has 0 bridgehead atoms. The summed E-state index contributed by atoms with van der Waals surface area (Å²) >= 11 is 0. The molecule has 0 saturated carbocycles. The highest BCUT2D eigenvalue weighted by Gasteiger charge is 2.12. The molecule has 2 N–H and O–H groups in total. The van der Waals surface area contributed by atoms with Crippen LogP contribution in [-0.2, 0) is 11.2 Å². The lowest BCUT2D eigenvalue weighted by molar-refractivity contribution is -0.116. The summed E-state index contributed by atoms with van der Waals surface area (Å²) in [5.74, 6) is 1.10. The van der Waals surface area contributed by atoms with E-state index in [1.54, 1.807) is 6.07 Å². The number of pyridine rings is 1. The molecule has 0 atom stereocenters. The van der Waals surface area contributed by atoms with Gasteiger partial charge in [-0.3, -0.25) is 4.79 Å². The van der Waals surface area contributed by atoms with Crippen LogP contribution >= 0.6 is 0 Å². The van der Waals surface area contributed by atoms with E-state index in [-0.39, 0.29) is 23.9 Å². The molecule has 0 aliphatic heterocycles. The minimum absolute atomic E-state index is 0.0780. The van der Waals surface area contributed by atoms with Crippen molar-refractivity contribution in [3.8, 4) is 17.1 Å². The van der Waals surface area contributed by atoms with Gasteiger partial charge in [-0.2, -0.15) is 4.98 Å². The molecule has 1 amide bonds. The molecule has 0 aliphatic rings. The Morgan fingerprint density at radius 3 is 2.69 bits per heavy atom. The number of aromatic nitrogens is 3. The van der Waals surface area contributed by atoms with Crippen LogP contribution in [0.1, 0.15) is 37.6 Å². The summed E-state index contributed by atoms with van der Waals surface area (Å²) in [6, 6.07) is 11.0. The predicted octanol–water partition coefficient (Wildman–Crippen LogP) is 3.53. The second-order valence-electron chi connectivity index (χ2n) is 6.21. The molecule has 0 aliphatic carbocycles. The number of carbonyl (C=O) groups excluding carboxylic acids is 1. The van der Waals surface area contributed by atoms with Crippen molar-refractivity contribution in [2.24, 2.45) is 0 Å². The first kappa shape index (κ1) is 17.6. The second-order valence-corrected chi connectivity index (χ2v) is 6.21. The topological polar surface area (TPSA) is 101 Å². The van der Waals surface area contributed by atoms with E-state index in [9.17, 15) is 9.90 Å². The fourth-order valence-electron chi connectivity index (χ4n) is 2.40. The molecular formula is C19H20N4O3. The molecule has 2 heterocycles. The third-order valence-corrected chi connectivity index (χ3v) is 3.91. The van der Waals surface area contributed by atoms with Crippen molar-refractivity contribution in [3.63, 3.8) is 0 Å². The van der Waals surface area contributed by atoms with E-state index in [0.29, 0.717) is 24.1 Å². The lowest BCUT2D eigenvalue weighted by Gasteiger charge is -2.04. The van der Waals surface area contributed by atoms with Crippen LogP contribution < -0.4 is 5.32 Å². The van der Waals surface area contributed by atoms with Gasteiger partial charge in [0.1, 0.15) is 0 Å². The van der Waals surface area contributed by atoms with Gasteiger partial charge in [0.2, 0.25) is 17.6 Å². The van der Waals surface area contributed by atoms with Gasteiger partial charge in [-0.25, -0.2) is 4.98 Å². The minimum atomic E-state index is -0.292. The number of anilines is 1. The van der Waals surface area contributed by atoms with Crippen molar-refractivity contribution in [2.45, 2.75) is 32.6 Å². The molecule has 0 saturated heterocycles. The Hall–Kier alpha value is -3.22. The average Bonchev–Trinajstić information content (AvgIpc) is 3.11. The maximum atomic E-state index is 12.0. The van der Waals surface area contributed by atoms with Crippen LogP contribution in [0.15, 0.2) is 47.1 Å². The van der Waals surface area contributed by atoms with Crippen LogP contribution in [0.2, 0.25) is 0 Å². The molecule has 0 unspecified atom stereocenters. The van der Waals surface area contributed by atoms with Crippen molar-refractivity contribution < 1.29 is 14.4 Å². The summed E-state index contributed by atoms with van der Waals surface area (Å²) in [6.45, 7) is 4.27. The summed E-state index contributed by atoms with van der Waals surface area (Å²) in [6.07, 6.45) is 1.94. The largest absolute Gasteiger partial charge is 0.504 e. The van der Waals surface area contributed by atoms with Gasteiger partial charge < -0.3 is 14.9 Å². The van der Waals surface area contributed by atoms with Crippen LogP contribution in [0.25, 0.3) is 11.4 Å². The number of nitrogens with zero attached hydrogens (tertiary/aromatic N) is 3. The number of hydrogen-bond donors (Lipinski definition) is 2. The SMILES string of the molecule is CC(C)c1ccc(-c2noc(CCC(=O)Nc3ncccc3O)n2)cc1. The molecule has 3 rings (SSSR count). The Morgan fingerprint density at radius 2 is 2.00 bits per heavy atom. The van der Waals surface area contributed by atoms with E-state index >= 15 is 0 Å². The number of benzene rings is 1. The highest BCUT2D eigenvalue weighted by atomic mass is 16.5. The van der Waals surface area contributed by atoms with Crippen molar-refractivity contribution in [2.75, 3.05) is 5.32 Å². The lowest BCUT2D eigenvalue weighted by atomic mass is 10.0. The van der Waals surface area contributed by atoms with Gasteiger partial charge in [-0.05, 0) is 23.6 Å². The smallest absolute Gasteiger partial charge is 0.227 e. The summed E-state index contributed by atoms with van der Waals surface area (Å²) in [5.41, 5.74) is 2.11. The zero-order chi connectivity index (χ0) is 18.5. The number of aromatic hydroxyl groups is 1. The standard InChI is InChI=1S/C19H20N4O3/c1-12(2)13-5-7-14(8-6-13)18-22-17(26-23-18)10-9-16(25)21-19-15(24)4-3-11-20-19/h3-8,11-12,24H,9-10H2,1-2H3,(H,20,21,25). The molecule has 134 valence electrons. The number of aryl methyl sites for hydroxylation is 1. The zero-order valence-electron chi connectivity index (χ0n) is 14.6. The summed E-state index contributed by atoms with van der Waals surface area (Å²) < 4.78 is 5.21. The van der Waals surface area contributed by atoms with Gasteiger partial charge >= 0.3 is 0 Å². The zero-order valence-corrected chi connectivity index (χ0v) is 14.6. The Bertz CT molecular complexity index is 888. The number of rotatable bonds is 6. The number of nitrogens with one attached hydrogen (secondary N) is 1. The number of amides is 1. The molecule has 1 aromatic carbocycles. The van der Waals surface area contributed by atoms with E-state index in [2.05, 4.69) is 34.3 Å². The van der Waals surface area contributed by atoms with Gasteiger partial charge in [0.15, 0.2) is 11.6 Å². The second kappa shape index (κ2) is 7.77. The van der Waals surface area contributed by atoms with Crippen molar-refractivity contribution in [3.05, 3.63) is 54.0 Å². The summed E-state index contributed by atoms with van der Waals surface area (Å²) in [7, 11) is 0. The highest BCUT2D eigenvalue weighted by molar-refractivity contribution is 5.91. The fraction of sp³-hybridized carbons (Fsp3) is 0.263. The summed E-state index contributed by atoms with van der Waals surface area (Å²) in [5, 5.41) is 16.1. The van der Waals surface area contributed by atoms with E-state index < -0.39 is 0 Å². The van der Waals surface area contributed by atoms with Crippen LogP contribution in [0.4, 0.5) is 5.82 Å². The van der Waals surface area contributed by atoms with Gasteiger partial charge in [-0.1, -0.05) is 43.3 Å². The lowest BCUT2D eigenvalue weighted by Crippen LogP contribution is -2.13. The molecule has 2 aromatic heterocycles. The van der Waals surface area contributed by atoms with E-state index in [1.807, 2.05) is 24.3 Å². The Morgan fingerprint density at radius 1 is 1.23 bits per heavy atom. The molecular weight excluding hydrogens is 332 g/mol. The van der Waals surface area contributed by atoms with Gasteiger partial charge in [0.25, 0.3) is 0 Å². The van der Waals surface area contributed by atoms with Crippen LogP contribution in [0, 0.1) is 0 Å². The van der Waals surface area contributed by atoms with E-state index in [0.717, 1.165) is 5.56 Å². The average molecular weight is 352 g/mol. The van der Waals surface area contributed by atoms with Crippen molar-refractivity contribution >= 4 is 11.7 Å². The van der Waals surface area contributed by atoms with Crippen LogP contribution in [-0.4, -0.2) is 26.1 Å². The van der Waals surface area contributed by atoms with Crippen molar-refractivity contribution in [1.82, 2.24) is 15.1 Å². The minimum Gasteiger partial charge on any atom is -0.504 e. The third kappa shape index (κ3) is 4.24. The fourth-order valence-corrected chi connectivity index (χ4v) is 2.40. The Kier molecular flexibility index (Phi) is 5.26. The van der Waals surface area contributed by atoms with E-state index in [4.69, 9.17) is 4.52 Å². The predicted molar refractivity (Wildman–Crippen MR) is 96.7 cm³/mol. The molecule has 0 fully saturated rings. The maximum absolute atomic E-state index is 12.0. The number of carbonyl (C=O) groups is 1. The van der Waals surface area contributed by atoms with Gasteiger partial charge in [0.05, 0.1) is 0 Å². The first-order valence-corrected chi connectivity index (χ1v) is 8.39. The Balaban J connectivity index is 1.58. The van der Waals surface area contributed by atoms with Crippen LogP contribution in [0.5, 0.6) is 5.75 Å². The van der Waals surface area contributed by atoms with Gasteiger partial charge in [0, 0.05) is 24.6 Å². The first-order valence-electron chi connectivity index (χ1n) is 8.39.